The van der Waals surface area contributed by atoms with E-state index in [1.54, 1.807) is 24.3 Å². The van der Waals surface area contributed by atoms with Gasteiger partial charge in [-0.15, -0.1) is 0 Å². The molecule has 0 saturated heterocycles. The topological polar surface area (TPSA) is 61.4 Å². The van der Waals surface area contributed by atoms with Crippen LogP contribution in [0.5, 0.6) is 0 Å². The molecule has 0 bridgehead atoms. The zero-order valence-electron chi connectivity index (χ0n) is 12.9. The van der Waals surface area contributed by atoms with E-state index in [1.165, 1.54) is 0 Å². The number of hydrogen-bond acceptors (Lipinski definition) is 3. The molecule has 0 spiro atoms. The highest BCUT2D eigenvalue weighted by molar-refractivity contribution is 6.43. The predicted octanol–water partition coefficient (Wildman–Crippen LogP) is 2.64. The number of carbonyl (C=O) groups is 2. The number of para-hydroxylation sites is 1. The Hall–Kier alpha value is -2.82. The van der Waals surface area contributed by atoms with Gasteiger partial charge < -0.3 is 15.5 Å². The van der Waals surface area contributed by atoms with Crippen LogP contribution in [-0.2, 0) is 9.59 Å². The zero-order chi connectivity index (χ0) is 16.1. The molecule has 0 unspecified atom stereocenters. The molecule has 2 rings (SSSR count). The normalized spacial score (nSPS) is 9.95. The van der Waals surface area contributed by atoms with Crippen LogP contribution in [0.2, 0.25) is 0 Å². The molecule has 0 saturated carbocycles. The van der Waals surface area contributed by atoms with Gasteiger partial charge in [-0.1, -0.05) is 24.3 Å². The second-order valence-electron chi connectivity index (χ2n) is 5.17. The molecule has 0 aliphatic rings. The molecule has 5 heteroatoms. The first kappa shape index (κ1) is 15.6. The fraction of sp³-hybridized carbons (Fsp3) is 0.176. The first-order valence-corrected chi connectivity index (χ1v) is 6.92. The highest BCUT2D eigenvalue weighted by Gasteiger charge is 2.15. The third-order valence-corrected chi connectivity index (χ3v) is 3.22. The van der Waals surface area contributed by atoms with Crippen molar-refractivity contribution in [1.29, 1.82) is 0 Å². The lowest BCUT2D eigenvalue weighted by Gasteiger charge is -2.14. The summed E-state index contributed by atoms with van der Waals surface area (Å²) in [6.45, 7) is 1.87. The van der Waals surface area contributed by atoms with Gasteiger partial charge in [-0.05, 0) is 36.8 Å². The molecule has 0 atom stereocenters. The number of hydrogen-bond donors (Lipinski definition) is 2. The summed E-state index contributed by atoms with van der Waals surface area (Å²) in [5, 5.41) is 5.21. The van der Waals surface area contributed by atoms with Crippen LogP contribution in [0.25, 0.3) is 0 Å². The molecule has 0 aliphatic heterocycles. The Kier molecular flexibility index (Phi) is 4.78. The first-order chi connectivity index (χ1) is 10.5. The quantitative estimate of drug-likeness (QED) is 0.856. The third-order valence-electron chi connectivity index (χ3n) is 3.22. The maximum absolute atomic E-state index is 12.0. The summed E-state index contributed by atoms with van der Waals surface area (Å²) in [6, 6.07) is 14.6. The van der Waals surface area contributed by atoms with Gasteiger partial charge in [-0.2, -0.15) is 0 Å². The molecule has 2 amide bonds. The van der Waals surface area contributed by atoms with Gasteiger partial charge in [0.1, 0.15) is 0 Å². The molecule has 2 aromatic rings. The maximum atomic E-state index is 12.0. The number of carbonyl (C=O) groups excluding carboxylic acids is 2. The van der Waals surface area contributed by atoms with Crippen LogP contribution in [0.4, 0.5) is 17.1 Å². The van der Waals surface area contributed by atoms with Crippen molar-refractivity contribution in [3.63, 3.8) is 0 Å². The van der Waals surface area contributed by atoms with Crippen LogP contribution in [0.1, 0.15) is 5.56 Å². The summed E-state index contributed by atoms with van der Waals surface area (Å²) in [5.74, 6) is -1.39. The molecule has 2 N–H and O–H groups in total. The summed E-state index contributed by atoms with van der Waals surface area (Å²) in [4.78, 5) is 25.8. The Bertz CT molecular complexity index is 696. The first-order valence-electron chi connectivity index (χ1n) is 6.92. The van der Waals surface area contributed by atoms with Crippen LogP contribution in [-0.4, -0.2) is 25.9 Å². The van der Waals surface area contributed by atoms with Gasteiger partial charge in [0.25, 0.3) is 0 Å². The number of amides is 2. The molecule has 5 nitrogen and oxygen atoms in total. The zero-order valence-corrected chi connectivity index (χ0v) is 12.9. The summed E-state index contributed by atoms with van der Waals surface area (Å²) < 4.78 is 0. The molecular formula is C17H19N3O2. The number of aryl methyl sites for hydroxylation is 1. The Morgan fingerprint density at radius 3 is 2.27 bits per heavy atom. The number of rotatable bonds is 3. The summed E-state index contributed by atoms with van der Waals surface area (Å²) >= 11 is 0. The van der Waals surface area contributed by atoms with Crippen LogP contribution < -0.4 is 15.5 Å². The Morgan fingerprint density at radius 2 is 1.59 bits per heavy atom. The van der Waals surface area contributed by atoms with Gasteiger partial charge in [0.05, 0.1) is 0 Å². The van der Waals surface area contributed by atoms with Gasteiger partial charge in [-0.3, -0.25) is 9.59 Å². The number of anilines is 3. The molecule has 0 heterocycles. The Morgan fingerprint density at radius 1 is 0.909 bits per heavy atom. The van der Waals surface area contributed by atoms with Crippen LogP contribution >= 0.6 is 0 Å². The van der Waals surface area contributed by atoms with E-state index in [0.717, 1.165) is 11.3 Å². The largest absolute Gasteiger partial charge is 0.378 e. The van der Waals surface area contributed by atoms with Crippen molar-refractivity contribution >= 4 is 28.9 Å². The van der Waals surface area contributed by atoms with Gasteiger partial charge in [0, 0.05) is 31.2 Å². The van der Waals surface area contributed by atoms with Gasteiger partial charge in [0.2, 0.25) is 0 Å². The average molecular weight is 297 g/mol. The van der Waals surface area contributed by atoms with E-state index in [2.05, 4.69) is 10.6 Å². The minimum Gasteiger partial charge on any atom is -0.378 e. The van der Waals surface area contributed by atoms with E-state index in [9.17, 15) is 9.59 Å². The van der Waals surface area contributed by atoms with Gasteiger partial charge in [0.15, 0.2) is 0 Å². The Balaban J connectivity index is 2.04. The summed E-state index contributed by atoms with van der Waals surface area (Å²) in [6.07, 6.45) is 0. The maximum Gasteiger partial charge on any atom is 0.314 e. The monoisotopic (exact) mass is 297 g/mol. The minimum absolute atomic E-state index is 0.580. The number of nitrogens with zero attached hydrogens (tertiary/aromatic N) is 1. The van der Waals surface area contributed by atoms with Crippen molar-refractivity contribution in [3.8, 4) is 0 Å². The van der Waals surface area contributed by atoms with Gasteiger partial charge in [-0.25, -0.2) is 0 Å². The van der Waals surface area contributed by atoms with Gasteiger partial charge >= 0.3 is 11.8 Å². The molecule has 114 valence electrons. The molecular weight excluding hydrogens is 278 g/mol. The molecule has 2 aromatic carbocycles. The minimum atomic E-state index is -0.695. The lowest BCUT2D eigenvalue weighted by molar-refractivity contribution is -0.133. The highest BCUT2D eigenvalue weighted by Crippen LogP contribution is 2.17. The molecule has 0 aromatic heterocycles. The highest BCUT2D eigenvalue weighted by atomic mass is 16.2. The fourth-order valence-corrected chi connectivity index (χ4v) is 1.94. The lowest BCUT2D eigenvalue weighted by Crippen LogP contribution is -2.29. The number of benzene rings is 2. The molecule has 0 fully saturated rings. The van der Waals surface area contributed by atoms with E-state index < -0.39 is 11.8 Å². The summed E-state index contributed by atoms with van der Waals surface area (Å²) in [5.41, 5.74) is 3.05. The van der Waals surface area contributed by atoms with E-state index in [-0.39, 0.29) is 0 Å². The van der Waals surface area contributed by atoms with Crippen LogP contribution in [0.15, 0.2) is 48.5 Å². The SMILES string of the molecule is Cc1ccccc1NC(=O)C(=O)Nc1cccc(N(C)C)c1. The second kappa shape index (κ2) is 6.76. The summed E-state index contributed by atoms with van der Waals surface area (Å²) in [7, 11) is 3.82. The third kappa shape index (κ3) is 3.85. The average Bonchev–Trinajstić information content (AvgIpc) is 2.49. The van der Waals surface area contributed by atoms with E-state index in [0.29, 0.717) is 11.4 Å². The van der Waals surface area contributed by atoms with Crippen molar-refractivity contribution < 1.29 is 9.59 Å². The van der Waals surface area contributed by atoms with Crippen LogP contribution in [0, 0.1) is 6.92 Å². The van der Waals surface area contributed by atoms with Crippen molar-refractivity contribution in [3.05, 3.63) is 54.1 Å². The molecule has 22 heavy (non-hydrogen) atoms. The fourth-order valence-electron chi connectivity index (χ4n) is 1.94. The lowest BCUT2D eigenvalue weighted by atomic mass is 10.2. The molecule has 0 aliphatic carbocycles. The molecule has 0 radical (unpaired) electrons. The van der Waals surface area contributed by atoms with Crippen molar-refractivity contribution in [1.82, 2.24) is 0 Å². The second-order valence-corrected chi connectivity index (χ2v) is 5.17. The number of nitrogens with one attached hydrogen (secondary N) is 2. The van der Waals surface area contributed by atoms with E-state index >= 15 is 0 Å². The van der Waals surface area contributed by atoms with Crippen molar-refractivity contribution in [2.45, 2.75) is 6.92 Å². The van der Waals surface area contributed by atoms with Crippen LogP contribution in [0.3, 0.4) is 0 Å². The predicted molar refractivity (Wildman–Crippen MR) is 89.2 cm³/mol. The standard InChI is InChI=1S/C17H19N3O2/c1-12-7-4-5-10-15(12)19-17(22)16(21)18-13-8-6-9-14(11-13)20(2)3/h4-11H,1-3H3,(H,18,21)(H,19,22). The van der Waals surface area contributed by atoms with E-state index in [1.807, 2.05) is 50.2 Å². The smallest absolute Gasteiger partial charge is 0.314 e. The van der Waals surface area contributed by atoms with Crippen molar-refractivity contribution in [2.75, 3.05) is 29.6 Å². The van der Waals surface area contributed by atoms with Crippen molar-refractivity contribution in [2.24, 2.45) is 0 Å². The van der Waals surface area contributed by atoms with E-state index in [4.69, 9.17) is 0 Å². The Labute approximate surface area is 129 Å².